The number of nitrogens with zero attached hydrogens (tertiary/aromatic N) is 1. The highest BCUT2D eigenvalue weighted by Gasteiger charge is 2.17. The Bertz CT molecular complexity index is 524. The highest BCUT2D eigenvalue weighted by Crippen LogP contribution is 2.26. The second-order valence-corrected chi connectivity index (χ2v) is 5.95. The van der Waals surface area contributed by atoms with E-state index in [-0.39, 0.29) is 18.7 Å². The van der Waals surface area contributed by atoms with Crippen molar-refractivity contribution in [2.45, 2.75) is 32.9 Å². The third kappa shape index (κ3) is 3.41. The Labute approximate surface area is 118 Å². The average Bonchev–Trinajstić information content (AvgIpc) is 2.76. The van der Waals surface area contributed by atoms with Gasteiger partial charge in [-0.25, -0.2) is 4.98 Å². The van der Waals surface area contributed by atoms with E-state index in [0.717, 1.165) is 16.3 Å². The van der Waals surface area contributed by atoms with Crippen molar-refractivity contribution in [1.82, 2.24) is 10.3 Å². The predicted octanol–water partition coefficient (Wildman–Crippen LogP) is 3.14. The number of benzene rings is 1. The van der Waals surface area contributed by atoms with Gasteiger partial charge in [0, 0.05) is 10.9 Å². The second-order valence-electron chi connectivity index (χ2n) is 4.72. The summed E-state index contributed by atoms with van der Waals surface area (Å²) in [7, 11) is 0. The minimum Gasteiger partial charge on any atom is -0.394 e. The number of aliphatic hydroxyl groups excluding tert-OH is 1. The van der Waals surface area contributed by atoms with Crippen molar-refractivity contribution < 1.29 is 5.11 Å². The molecule has 2 aromatic rings. The van der Waals surface area contributed by atoms with Crippen LogP contribution in [0.1, 0.15) is 40.1 Å². The maximum Gasteiger partial charge on any atom is 0.0900 e. The quantitative estimate of drug-likeness (QED) is 0.882. The molecule has 0 aliphatic heterocycles. The molecule has 4 heteroatoms. The highest BCUT2D eigenvalue weighted by molar-refractivity contribution is 7.11. The van der Waals surface area contributed by atoms with Gasteiger partial charge in [0.25, 0.3) is 0 Å². The van der Waals surface area contributed by atoms with Gasteiger partial charge in [0.1, 0.15) is 0 Å². The normalized spacial score (nSPS) is 14.3. The number of aromatic nitrogens is 1. The van der Waals surface area contributed by atoms with Crippen LogP contribution in [0.15, 0.2) is 30.3 Å². The van der Waals surface area contributed by atoms with Crippen LogP contribution in [0.2, 0.25) is 0 Å². The van der Waals surface area contributed by atoms with Crippen LogP contribution in [-0.2, 0) is 0 Å². The van der Waals surface area contributed by atoms with Crippen molar-refractivity contribution in [3.8, 4) is 0 Å². The largest absolute Gasteiger partial charge is 0.394 e. The van der Waals surface area contributed by atoms with Crippen LogP contribution in [0.25, 0.3) is 0 Å². The third-order valence-corrected chi connectivity index (χ3v) is 4.42. The maximum atomic E-state index is 9.58. The number of nitrogens with one attached hydrogen (secondary N) is 1. The maximum absolute atomic E-state index is 9.58. The Morgan fingerprint density at radius 2 is 1.95 bits per heavy atom. The van der Waals surface area contributed by atoms with Crippen LogP contribution in [0.4, 0.5) is 0 Å². The molecule has 0 amide bonds. The molecule has 1 unspecified atom stereocenters. The molecule has 0 spiro atoms. The Kier molecular flexibility index (Phi) is 4.69. The SMILES string of the molecule is Cc1nc(C)c(C(C)N[C@@H](CO)c2ccccc2)s1. The molecule has 19 heavy (non-hydrogen) atoms. The topological polar surface area (TPSA) is 45.2 Å². The smallest absolute Gasteiger partial charge is 0.0900 e. The Morgan fingerprint density at radius 3 is 2.47 bits per heavy atom. The van der Waals surface area contributed by atoms with E-state index in [2.05, 4.69) is 17.2 Å². The Morgan fingerprint density at radius 1 is 1.26 bits per heavy atom. The van der Waals surface area contributed by atoms with Crippen molar-refractivity contribution in [3.05, 3.63) is 51.5 Å². The van der Waals surface area contributed by atoms with Crippen molar-refractivity contribution in [3.63, 3.8) is 0 Å². The summed E-state index contributed by atoms with van der Waals surface area (Å²) in [6.45, 7) is 6.26. The molecule has 0 saturated carbocycles. The van der Waals surface area contributed by atoms with E-state index in [9.17, 15) is 5.11 Å². The number of hydrogen-bond donors (Lipinski definition) is 2. The lowest BCUT2D eigenvalue weighted by atomic mass is 10.1. The molecule has 2 rings (SSSR count). The van der Waals surface area contributed by atoms with Crippen LogP contribution in [0, 0.1) is 13.8 Å². The molecule has 0 aliphatic carbocycles. The Balaban J connectivity index is 2.13. The van der Waals surface area contributed by atoms with Gasteiger partial charge in [-0.1, -0.05) is 30.3 Å². The number of aliphatic hydroxyl groups is 1. The standard InChI is InChI=1S/C15H20N2OS/c1-10-15(19-12(3)16-10)11(2)17-14(9-18)13-7-5-4-6-8-13/h4-8,11,14,17-18H,9H2,1-3H3/t11?,14-/m0/s1. The lowest BCUT2D eigenvalue weighted by molar-refractivity contribution is 0.236. The fourth-order valence-electron chi connectivity index (χ4n) is 2.27. The highest BCUT2D eigenvalue weighted by atomic mass is 32.1. The summed E-state index contributed by atoms with van der Waals surface area (Å²) in [5.74, 6) is 0. The van der Waals surface area contributed by atoms with Crippen LogP contribution in [-0.4, -0.2) is 16.7 Å². The van der Waals surface area contributed by atoms with Gasteiger partial charge < -0.3 is 10.4 Å². The number of rotatable bonds is 5. The minimum absolute atomic E-state index is 0.0435. The van der Waals surface area contributed by atoms with E-state index >= 15 is 0 Å². The van der Waals surface area contributed by atoms with Crippen molar-refractivity contribution in [2.75, 3.05) is 6.61 Å². The van der Waals surface area contributed by atoms with Gasteiger partial charge in [-0.3, -0.25) is 0 Å². The summed E-state index contributed by atoms with van der Waals surface area (Å²) < 4.78 is 0. The molecule has 2 N–H and O–H groups in total. The van der Waals surface area contributed by atoms with Crippen LogP contribution < -0.4 is 5.32 Å². The van der Waals surface area contributed by atoms with Crippen molar-refractivity contribution in [2.24, 2.45) is 0 Å². The first-order chi connectivity index (χ1) is 9.11. The number of thiazole rings is 1. The molecule has 0 bridgehead atoms. The first kappa shape index (κ1) is 14.2. The monoisotopic (exact) mass is 276 g/mol. The molecule has 0 radical (unpaired) electrons. The van der Waals surface area contributed by atoms with E-state index in [4.69, 9.17) is 0 Å². The molecule has 1 aromatic heterocycles. The molecular weight excluding hydrogens is 256 g/mol. The minimum atomic E-state index is -0.0435. The summed E-state index contributed by atoms with van der Waals surface area (Å²) in [5.41, 5.74) is 2.18. The molecule has 3 nitrogen and oxygen atoms in total. The van der Waals surface area contributed by atoms with Crippen LogP contribution in [0.5, 0.6) is 0 Å². The zero-order valence-electron chi connectivity index (χ0n) is 11.6. The molecule has 1 heterocycles. The van der Waals surface area contributed by atoms with E-state index in [1.165, 1.54) is 4.88 Å². The molecule has 1 aromatic carbocycles. The fourth-order valence-corrected chi connectivity index (χ4v) is 3.20. The van der Waals surface area contributed by atoms with Gasteiger partial charge in [0.15, 0.2) is 0 Å². The summed E-state index contributed by atoms with van der Waals surface area (Å²) in [6, 6.07) is 10.2. The van der Waals surface area contributed by atoms with Gasteiger partial charge in [0.2, 0.25) is 0 Å². The van der Waals surface area contributed by atoms with Crippen molar-refractivity contribution in [1.29, 1.82) is 0 Å². The van der Waals surface area contributed by atoms with Gasteiger partial charge >= 0.3 is 0 Å². The summed E-state index contributed by atoms with van der Waals surface area (Å²) in [4.78, 5) is 5.70. The van der Waals surface area contributed by atoms with Gasteiger partial charge in [0.05, 0.1) is 23.4 Å². The number of aryl methyl sites for hydroxylation is 2. The van der Waals surface area contributed by atoms with E-state index in [1.54, 1.807) is 11.3 Å². The van der Waals surface area contributed by atoms with Gasteiger partial charge in [-0.15, -0.1) is 11.3 Å². The van der Waals surface area contributed by atoms with E-state index in [1.807, 2.05) is 44.2 Å². The average molecular weight is 276 g/mol. The van der Waals surface area contributed by atoms with Gasteiger partial charge in [-0.2, -0.15) is 0 Å². The molecular formula is C15H20N2OS. The lowest BCUT2D eigenvalue weighted by Gasteiger charge is -2.21. The third-order valence-electron chi connectivity index (χ3n) is 3.17. The molecule has 0 aliphatic rings. The van der Waals surface area contributed by atoms with Crippen LogP contribution in [0.3, 0.4) is 0 Å². The molecule has 2 atom stereocenters. The lowest BCUT2D eigenvalue weighted by Crippen LogP contribution is -2.27. The number of hydrogen-bond acceptors (Lipinski definition) is 4. The first-order valence-corrected chi connectivity index (χ1v) is 7.29. The second kappa shape index (κ2) is 6.28. The molecule has 0 fully saturated rings. The molecule has 102 valence electrons. The summed E-state index contributed by atoms with van der Waals surface area (Å²) >= 11 is 1.71. The van der Waals surface area contributed by atoms with Crippen LogP contribution >= 0.6 is 11.3 Å². The van der Waals surface area contributed by atoms with Crippen molar-refractivity contribution >= 4 is 11.3 Å². The zero-order chi connectivity index (χ0) is 13.8. The van der Waals surface area contributed by atoms with E-state index in [0.29, 0.717) is 0 Å². The summed E-state index contributed by atoms with van der Waals surface area (Å²) in [5, 5.41) is 14.1. The Hall–Kier alpha value is -1.23. The van der Waals surface area contributed by atoms with Gasteiger partial charge in [-0.05, 0) is 26.3 Å². The zero-order valence-corrected chi connectivity index (χ0v) is 12.4. The summed E-state index contributed by atoms with van der Waals surface area (Å²) in [6.07, 6.45) is 0. The first-order valence-electron chi connectivity index (χ1n) is 6.47. The predicted molar refractivity (Wildman–Crippen MR) is 79.4 cm³/mol. The fraction of sp³-hybridized carbons (Fsp3) is 0.400. The molecule has 0 saturated heterocycles. The van der Waals surface area contributed by atoms with E-state index < -0.39 is 0 Å².